The third-order valence-electron chi connectivity index (χ3n) is 4.66. The Morgan fingerprint density at radius 1 is 1.10 bits per heavy atom. The molecule has 0 saturated heterocycles. The summed E-state index contributed by atoms with van der Waals surface area (Å²) in [5.74, 6) is -0.0167. The average molecular weight is 496 g/mol. The van der Waals surface area contributed by atoms with Crippen LogP contribution in [0.4, 0.5) is 8.78 Å². The largest absolute Gasteiger partial charge is 0.480 e. The Bertz CT molecular complexity index is 1200. The molecule has 2 N–H and O–H groups in total. The van der Waals surface area contributed by atoms with E-state index in [0.29, 0.717) is 32.5 Å². The lowest BCUT2D eigenvalue weighted by molar-refractivity contribution is -0.0501. The first-order valence-corrected chi connectivity index (χ1v) is 11.4. The van der Waals surface area contributed by atoms with Gasteiger partial charge in [-0.05, 0) is 44.8 Å². The van der Waals surface area contributed by atoms with Gasteiger partial charge in [-0.15, -0.1) is 0 Å². The summed E-state index contributed by atoms with van der Waals surface area (Å²) in [4.78, 5) is 0. The monoisotopic (exact) mass is 495 g/mol. The molecule has 0 bridgehead atoms. The molecule has 30 heavy (non-hydrogen) atoms. The minimum absolute atomic E-state index is 0.0468. The Morgan fingerprint density at radius 2 is 1.83 bits per heavy atom. The van der Waals surface area contributed by atoms with Crippen LogP contribution in [0.5, 0.6) is 11.5 Å². The molecule has 0 radical (unpaired) electrons. The van der Waals surface area contributed by atoms with E-state index in [2.05, 4.69) is 15.9 Å². The third-order valence-corrected chi connectivity index (χ3v) is 6.02. The second kappa shape index (κ2) is 7.98. The molecular formula is C21H16BrF2NO4S. The predicted octanol–water partition coefficient (Wildman–Crippen LogP) is 4.99. The number of fused-ring (bicyclic) bond motifs is 3. The first kappa shape index (κ1) is 20.8. The van der Waals surface area contributed by atoms with E-state index in [4.69, 9.17) is 14.6 Å². The highest BCUT2D eigenvalue weighted by Gasteiger charge is 2.32. The summed E-state index contributed by atoms with van der Waals surface area (Å²) in [5, 5.41) is 5.20. The summed E-state index contributed by atoms with van der Waals surface area (Å²) < 4.78 is 60.6. The Morgan fingerprint density at radius 3 is 2.50 bits per heavy atom. The Kier molecular flexibility index (Phi) is 5.52. The van der Waals surface area contributed by atoms with Gasteiger partial charge in [-0.25, -0.2) is 13.6 Å². The molecule has 4 rings (SSSR count). The standard InChI is InChI=1S/C21H16BrF2NO4S/c22-16-8-9-17-18(20(16)29-21(23)24)14-7-6-12(11-30(25,26)27)10-15(14)19(28-17)13-4-2-1-3-5-13/h1-10,19,21H,11H2,(H2,25,26,27). The molecule has 0 aromatic heterocycles. The predicted molar refractivity (Wildman–Crippen MR) is 112 cm³/mol. The highest BCUT2D eigenvalue weighted by Crippen LogP contribution is 2.51. The maximum atomic E-state index is 13.1. The normalized spacial score (nSPS) is 15.3. The number of hydrogen-bond donors (Lipinski definition) is 1. The van der Waals surface area contributed by atoms with Crippen molar-refractivity contribution in [3.63, 3.8) is 0 Å². The van der Waals surface area contributed by atoms with Crippen molar-refractivity contribution < 1.29 is 26.7 Å². The lowest BCUT2D eigenvalue weighted by atomic mass is 9.88. The molecule has 3 aromatic rings. The minimum Gasteiger partial charge on any atom is -0.480 e. The van der Waals surface area contributed by atoms with Gasteiger partial charge in [0.15, 0.2) is 5.75 Å². The van der Waals surface area contributed by atoms with Crippen LogP contribution in [0.25, 0.3) is 11.1 Å². The van der Waals surface area contributed by atoms with Crippen LogP contribution in [-0.4, -0.2) is 15.0 Å². The molecule has 0 saturated carbocycles. The maximum absolute atomic E-state index is 13.1. The molecule has 3 aromatic carbocycles. The number of halogens is 3. The van der Waals surface area contributed by atoms with E-state index in [1.165, 1.54) is 0 Å². The Balaban J connectivity index is 1.94. The molecule has 1 unspecified atom stereocenters. The zero-order valence-corrected chi connectivity index (χ0v) is 17.8. The van der Waals surface area contributed by atoms with Gasteiger partial charge in [-0.3, -0.25) is 0 Å². The summed E-state index contributed by atoms with van der Waals surface area (Å²) in [5.41, 5.74) is 2.91. The van der Waals surface area contributed by atoms with Crippen molar-refractivity contribution in [2.24, 2.45) is 5.14 Å². The smallest absolute Gasteiger partial charge is 0.387 e. The van der Waals surface area contributed by atoms with Crippen LogP contribution in [0.1, 0.15) is 22.8 Å². The van der Waals surface area contributed by atoms with Crippen LogP contribution in [0.15, 0.2) is 65.1 Å². The number of rotatable bonds is 5. The van der Waals surface area contributed by atoms with Crippen molar-refractivity contribution >= 4 is 26.0 Å². The SMILES string of the molecule is NS(=O)(=O)Cc1ccc2c(c1)C(c1ccccc1)Oc1ccc(Br)c(OC(F)F)c1-2. The number of primary sulfonamides is 1. The van der Waals surface area contributed by atoms with Crippen LogP contribution in [0.2, 0.25) is 0 Å². The van der Waals surface area contributed by atoms with Crippen molar-refractivity contribution in [2.75, 3.05) is 0 Å². The van der Waals surface area contributed by atoms with Gasteiger partial charge in [0.25, 0.3) is 0 Å². The molecule has 156 valence electrons. The lowest BCUT2D eigenvalue weighted by Gasteiger charge is -2.31. The molecular weight excluding hydrogens is 480 g/mol. The Hall–Kier alpha value is -2.49. The van der Waals surface area contributed by atoms with Crippen LogP contribution < -0.4 is 14.6 Å². The topological polar surface area (TPSA) is 78.6 Å². The van der Waals surface area contributed by atoms with E-state index < -0.39 is 22.7 Å². The van der Waals surface area contributed by atoms with Crippen molar-refractivity contribution in [2.45, 2.75) is 18.5 Å². The first-order chi connectivity index (χ1) is 14.2. The summed E-state index contributed by atoms with van der Waals surface area (Å²) in [6, 6.07) is 17.5. The Labute approximate surface area is 180 Å². The summed E-state index contributed by atoms with van der Waals surface area (Å²) >= 11 is 3.26. The van der Waals surface area contributed by atoms with Gasteiger partial charge in [0.2, 0.25) is 10.0 Å². The zero-order chi connectivity index (χ0) is 21.5. The fraction of sp³-hybridized carbons (Fsp3) is 0.143. The second-order valence-corrected chi connectivity index (χ2v) is 9.23. The average Bonchev–Trinajstić information content (AvgIpc) is 2.68. The van der Waals surface area contributed by atoms with E-state index in [-0.39, 0.29) is 11.5 Å². The molecule has 9 heteroatoms. The summed E-state index contributed by atoms with van der Waals surface area (Å²) in [6.45, 7) is -3.02. The van der Waals surface area contributed by atoms with Crippen molar-refractivity contribution in [1.82, 2.24) is 0 Å². The van der Waals surface area contributed by atoms with Crippen LogP contribution in [0, 0.1) is 0 Å². The van der Waals surface area contributed by atoms with E-state index in [9.17, 15) is 17.2 Å². The number of ether oxygens (including phenoxy) is 2. The fourth-order valence-corrected chi connectivity index (χ4v) is 4.61. The van der Waals surface area contributed by atoms with E-state index in [1.807, 2.05) is 30.3 Å². The molecule has 0 amide bonds. The fourth-order valence-electron chi connectivity index (χ4n) is 3.54. The lowest BCUT2D eigenvalue weighted by Crippen LogP contribution is -2.18. The van der Waals surface area contributed by atoms with Gasteiger partial charge in [-0.2, -0.15) is 8.78 Å². The van der Waals surface area contributed by atoms with Crippen LogP contribution >= 0.6 is 15.9 Å². The molecule has 1 atom stereocenters. The van der Waals surface area contributed by atoms with Gasteiger partial charge in [-0.1, -0.05) is 48.5 Å². The second-order valence-electron chi connectivity index (χ2n) is 6.77. The van der Waals surface area contributed by atoms with Gasteiger partial charge < -0.3 is 9.47 Å². The highest BCUT2D eigenvalue weighted by molar-refractivity contribution is 9.10. The van der Waals surface area contributed by atoms with Crippen molar-refractivity contribution in [3.05, 3.63) is 81.8 Å². The number of hydrogen-bond acceptors (Lipinski definition) is 4. The van der Waals surface area contributed by atoms with Gasteiger partial charge >= 0.3 is 6.61 Å². The van der Waals surface area contributed by atoms with Crippen LogP contribution in [0.3, 0.4) is 0 Å². The molecule has 1 aliphatic heterocycles. The number of nitrogens with two attached hydrogens (primary N) is 1. The molecule has 5 nitrogen and oxygen atoms in total. The zero-order valence-electron chi connectivity index (χ0n) is 15.4. The quantitative estimate of drug-likeness (QED) is 0.540. The number of benzene rings is 3. The van der Waals surface area contributed by atoms with E-state index >= 15 is 0 Å². The van der Waals surface area contributed by atoms with Gasteiger partial charge in [0, 0.05) is 5.56 Å². The molecule has 1 heterocycles. The number of sulfonamides is 1. The highest BCUT2D eigenvalue weighted by atomic mass is 79.9. The van der Waals surface area contributed by atoms with E-state index in [0.717, 1.165) is 5.56 Å². The van der Waals surface area contributed by atoms with Crippen molar-refractivity contribution in [3.8, 4) is 22.6 Å². The molecule has 0 spiro atoms. The summed E-state index contributed by atoms with van der Waals surface area (Å²) in [7, 11) is -3.75. The molecule has 1 aliphatic rings. The third kappa shape index (κ3) is 4.19. The van der Waals surface area contributed by atoms with Gasteiger partial charge in [0.05, 0.1) is 15.8 Å². The maximum Gasteiger partial charge on any atom is 0.387 e. The van der Waals surface area contributed by atoms with E-state index in [1.54, 1.807) is 30.3 Å². The summed E-state index contributed by atoms with van der Waals surface area (Å²) in [6.07, 6.45) is -0.560. The first-order valence-electron chi connectivity index (χ1n) is 8.85. The molecule has 0 fully saturated rings. The van der Waals surface area contributed by atoms with Crippen molar-refractivity contribution in [1.29, 1.82) is 0 Å². The van der Waals surface area contributed by atoms with Gasteiger partial charge in [0.1, 0.15) is 11.9 Å². The van der Waals surface area contributed by atoms with Crippen LogP contribution in [-0.2, 0) is 15.8 Å². The minimum atomic E-state index is -3.75. The molecule has 0 aliphatic carbocycles. The number of alkyl halides is 2.